The minimum absolute atomic E-state index is 0.129. The molecule has 4 heteroatoms. The number of ether oxygens (including phenoxy) is 1. The summed E-state index contributed by atoms with van der Waals surface area (Å²) in [5.41, 5.74) is -0.129. The molecule has 0 bridgehead atoms. The zero-order valence-electron chi connectivity index (χ0n) is 10.1. The second-order valence-corrected chi connectivity index (χ2v) is 3.92. The molecule has 3 nitrogen and oxygen atoms in total. The fourth-order valence-electron chi connectivity index (χ4n) is 1.55. The van der Waals surface area contributed by atoms with Gasteiger partial charge in [0.15, 0.2) is 11.6 Å². The lowest BCUT2D eigenvalue weighted by atomic mass is 10.1. The average molecular weight is 240 g/mol. The maximum atomic E-state index is 13.5. The van der Waals surface area contributed by atoms with Crippen molar-refractivity contribution in [3.8, 4) is 5.75 Å². The van der Waals surface area contributed by atoms with Crippen molar-refractivity contribution >= 4 is 5.97 Å². The van der Waals surface area contributed by atoms with Gasteiger partial charge in [0.25, 0.3) is 0 Å². The Hall–Kier alpha value is -1.58. The highest BCUT2D eigenvalue weighted by Gasteiger charge is 2.16. The summed E-state index contributed by atoms with van der Waals surface area (Å²) < 4.78 is 18.8. The van der Waals surface area contributed by atoms with E-state index in [1.54, 1.807) is 0 Å². The Morgan fingerprint density at radius 1 is 1.41 bits per heavy atom. The third kappa shape index (κ3) is 3.44. The van der Waals surface area contributed by atoms with Crippen LogP contribution in [0.4, 0.5) is 4.39 Å². The molecule has 1 rings (SSSR count). The smallest absolute Gasteiger partial charge is 0.339 e. The normalized spacial score (nSPS) is 10.6. The molecule has 1 aromatic rings. The van der Waals surface area contributed by atoms with E-state index in [1.807, 2.05) is 13.8 Å². The second kappa shape index (κ2) is 6.23. The predicted molar refractivity (Wildman–Crippen MR) is 62.9 cm³/mol. The number of rotatable bonds is 6. The molecule has 0 saturated carbocycles. The van der Waals surface area contributed by atoms with Crippen LogP contribution in [0.3, 0.4) is 0 Å². The third-order valence-electron chi connectivity index (χ3n) is 2.82. The molecule has 1 aromatic carbocycles. The number of carboxylic acid groups (broad SMARTS) is 1. The first-order valence-corrected chi connectivity index (χ1v) is 5.74. The van der Waals surface area contributed by atoms with Gasteiger partial charge in [-0.25, -0.2) is 9.18 Å². The SMILES string of the molecule is CCC(CC)COc1c(F)cccc1C(=O)O. The van der Waals surface area contributed by atoms with Crippen molar-refractivity contribution in [1.29, 1.82) is 0 Å². The molecule has 0 aliphatic heterocycles. The van der Waals surface area contributed by atoms with E-state index in [0.29, 0.717) is 12.5 Å². The first-order chi connectivity index (χ1) is 8.10. The second-order valence-electron chi connectivity index (χ2n) is 3.92. The molecule has 17 heavy (non-hydrogen) atoms. The van der Waals surface area contributed by atoms with Crippen molar-refractivity contribution in [1.82, 2.24) is 0 Å². The maximum Gasteiger partial charge on any atom is 0.339 e. The molecule has 94 valence electrons. The van der Waals surface area contributed by atoms with Gasteiger partial charge < -0.3 is 9.84 Å². The molecule has 0 radical (unpaired) electrons. The van der Waals surface area contributed by atoms with Crippen LogP contribution in [0.5, 0.6) is 5.75 Å². The van der Waals surface area contributed by atoms with Gasteiger partial charge in [-0.05, 0) is 18.1 Å². The number of hydrogen-bond acceptors (Lipinski definition) is 2. The van der Waals surface area contributed by atoms with E-state index in [-0.39, 0.29) is 11.3 Å². The number of aromatic carboxylic acids is 1. The number of hydrogen-bond donors (Lipinski definition) is 1. The van der Waals surface area contributed by atoms with Gasteiger partial charge in [0.05, 0.1) is 6.61 Å². The van der Waals surface area contributed by atoms with E-state index in [0.717, 1.165) is 12.8 Å². The molecule has 0 heterocycles. The van der Waals surface area contributed by atoms with E-state index in [4.69, 9.17) is 9.84 Å². The Balaban J connectivity index is 2.85. The van der Waals surface area contributed by atoms with Crippen LogP contribution in [0.15, 0.2) is 18.2 Å². The lowest BCUT2D eigenvalue weighted by Gasteiger charge is -2.15. The molecular formula is C13H17FO3. The Bertz CT molecular complexity index is 386. The third-order valence-corrected chi connectivity index (χ3v) is 2.82. The van der Waals surface area contributed by atoms with Crippen molar-refractivity contribution in [2.45, 2.75) is 26.7 Å². The predicted octanol–water partition coefficient (Wildman–Crippen LogP) is 3.34. The molecule has 0 fully saturated rings. The number of carboxylic acids is 1. The van der Waals surface area contributed by atoms with E-state index < -0.39 is 11.8 Å². The minimum atomic E-state index is -1.18. The molecule has 0 spiro atoms. The van der Waals surface area contributed by atoms with Crippen molar-refractivity contribution in [2.24, 2.45) is 5.92 Å². The molecule has 0 saturated heterocycles. The zero-order valence-corrected chi connectivity index (χ0v) is 10.1. The zero-order chi connectivity index (χ0) is 12.8. The first-order valence-electron chi connectivity index (χ1n) is 5.74. The number of halogens is 1. The summed E-state index contributed by atoms with van der Waals surface area (Å²) in [7, 11) is 0. The van der Waals surface area contributed by atoms with Crippen molar-refractivity contribution in [3.63, 3.8) is 0 Å². The van der Waals surface area contributed by atoms with Crippen molar-refractivity contribution in [2.75, 3.05) is 6.61 Å². The molecular weight excluding hydrogens is 223 g/mol. The van der Waals surface area contributed by atoms with Crippen LogP contribution >= 0.6 is 0 Å². The molecule has 0 atom stereocenters. The summed E-state index contributed by atoms with van der Waals surface area (Å²) in [6.45, 7) is 4.39. The van der Waals surface area contributed by atoms with Crippen LogP contribution in [0.2, 0.25) is 0 Å². The minimum Gasteiger partial charge on any atom is -0.489 e. The van der Waals surface area contributed by atoms with Gasteiger partial charge in [0.2, 0.25) is 0 Å². The quantitative estimate of drug-likeness (QED) is 0.829. The molecule has 0 aliphatic carbocycles. The van der Waals surface area contributed by atoms with Crippen LogP contribution in [0, 0.1) is 11.7 Å². The molecule has 0 aliphatic rings. The molecule has 1 N–H and O–H groups in total. The summed E-state index contributed by atoms with van der Waals surface area (Å²) in [6.07, 6.45) is 1.85. The lowest BCUT2D eigenvalue weighted by molar-refractivity contribution is 0.0689. The van der Waals surface area contributed by atoms with Gasteiger partial charge >= 0.3 is 5.97 Å². The van der Waals surface area contributed by atoms with E-state index >= 15 is 0 Å². The molecule has 0 aromatic heterocycles. The maximum absolute atomic E-state index is 13.5. The van der Waals surface area contributed by atoms with Gasteiger partial charge in [0, 0.05) is 0 Å². The Morgan fingerprint density at radius 2 is 2.06 bits per heavy atom. The van der Waals surface area contributed by atoms with Crippen molar-refractivity contribution < 1.29 is 19.0 Å². The van der Waals surface area contributed by atoms with Gasteiger partial charge in [-0.3, -0.25) is 0 Å². The van der Waals surface area contributed by atoms with Crippen LogP contribution in [0.1, 0.15) is 37.0 Å². The molecule has 0 unspecified atom stereocenters. The Kier molecular flexibility index (Phi) is 4.94. The average Bonchev–Trinajstić information content (AvgIpc) is 2.31. The van der Waals surface area contributed by atoms with Crippen molar-refractivity contribution in [3.05, 3.63) is 29.6 Å². The fraction of sp³-hybridized carbons (Fsp3) is 0.462. The van der Waals surface area contributed by atoms with Gasteiger partial charge in [0.1, 0.15) is 5.56 Å². The van der Waals surface area contributed by atoms with Gasteiger partial charge in [-0.2, -0.15) is 0 Å². The fourth-order valence-corrected chi connectivity index (χ4v) is 1.55. The summed E-state index contributed by atoms with van der Waals surface area (Å²) in [6, 6.07) is 3.91. The number of carbonyl (C=O) groups is 1. The summed E-state index contributed by atoms with van der Waals surface area (Å²) in [4.78, 5) is 10.9. The Labute approximate surface area is 100 Å². The van der Waals surface area contributed by atoms with Crippen LogP contribution < -0.4 is 4.74 Å². The van der Waals surface area contributed by atoms with Gasteiger partial charge in [-0.1, -0.05) is 32.8 Å². The Morgan fingerprint density at radius 3 is 2.59 bits per heavy atom. The van der Waals surface area contributed by atoms with E-state index in [1.165, 1.54) is 18.2 Å². The summed E-state index contributed by atoms with van der Waals surface area (Å²) in [5.74, 6) is -1.65. The summed E-state index contributed by atoms with van der Waals surface area (Å²) >= 11 is 0. The monoisotopic (exact) mass is 240 g/mol. The highest BCUT2D eigenvalue weighted by Crippen LogP contribution is 2.24. The van der Waals surface area contributed by atoms with Crippen LogP contribution in [-0.4, -0.2) is 17.7 Å². The largest absolute Gasteiger partial charge is 0.489 e. The standard InChI is InChI=1S/C13H17FO3/c1-3-9(4-2)8-17-12-10(13(15)16)6-5-7-11(12)14/h5-7,9H,3-4,8H2,1-2H3,(H,15,16). The first kappa shape index (κ1) is 13.5. The topological polar surface area (TPSA) is 46.5 Å². The lowest BCUT2D eigenvalue weighted by Crippen LogP contribution is -2.13. The van der Waals surface area contributed by atoms with E-state index in [2.05, 4.69) is 0 Å². The van der Waals surface area contributed by atoms with Crippen LogP contribution in [-0.2, 0) is 0 Å². The molecule has 0 amide bonds. The number of para-hydroxylation sites is 1. The van der Waals surface area contributed by atoms with E-state index in [9.17, 15) is 9.18 Å². The highest BCUT2D eigenvalue weighted by atomic mass is 19.1. The van der Waals surface area contributed by atoms with Gasteiger partial charge in [-0.15, -0.1) is 0 Å². The van der Waals surface area contributed by atoms with Crippen LogP contribution in [0.25, 0.3) is 0 Å². The highest BCUT2D eigenvalue weighted by molar-refractivity contribution is 5.90. The number of benzene rings is 1. The summed E-state index contributed by atoms with van der Waals surface area (Å²) in [5, 5.41) is 8.92.